The van der Waals surface area contributed by atoms with Crippen LogP contribution in [0, 0.1) is 0 Å². The monoisotopic (exact) mass is 750 g/mol. The second-order valence-corrected chi connectivity index (χ2v) is 17.9. The Kier molecular flexibility index (Phi) is 7.71. The van der Waals surface area contributed by atoms with E-state index in [1.807, 2.05) is 0 Å². The second kappa shape index (κ2) is 13.1. The zero-order valence-corrected chi connectivity index (χ0v) is 33.7. The van der Waals surface area contributed by atoms with Crippen LogP contribution in [0.2, 0.25) is 0 Å². The van der Waals surface area contributed by atoms with Crippen molar-refractivity contribution >= 4 is 39.9 Å². The van der Waals surface area contributed by atoms with E-state index in [-0.39, 0.29) is 11.6 Å². The number of allylic oxidation sites excluding steroid dienone is 11. The predicted molar refractivity (Wildman–Crippen MR) is 243 cm³/mol. The minimum absolute atomic E-state index is 0.102. The Morgan fingerprint density at radius 2 is 1.52 bits per heavy atom. The van der Waals surface area contributed by atoms with E-state index >= 15 is 0 Å². The molecular weight excluding hydrogens is 701 g/mol. The van der Waals surface area contributed by atoms with Crippen molar-refractivity contribution in [1.82, 2.24) is 9.47 Å². The van der Waals surface area contributed by atoms with E-state index in [2.05, 4.69) is 175 Å². The molecule has 0 radical (unpaired) electrons. The van der Waals surface area contributed by atoms with Crippen molar-refractivity contribution in [2.75, 3.05) is 0 Å². The number of fused-ring (bicyclic) bond motifs is 11. The normalized spacial score (nSPS) is 25.5. The molecule has 58 heavy (non-hydrogen) atoms. The standard InChI is InChI=1S/C56H50N2/c1-36-14-12-23-47-44-28-27-41(35-49(44)43-19-6-7-21-46(43)55(36)47)57-52-24-10-8-20-45(52)50-33-39(26-29-53(50)57)40-30-31-56(2)51(34-40)48-22-9-11-25-54(48)58(56)42-18-13-17-38(32-42)37-15-4-3-5-16-37/h3-10,12-13,15-16,18-24,27-28,30,32-34,36,38,41H,11,14,17,25-26,29,31,35H2,1-2H3/t36?,38?,41?,56-/m1/s1. The summed E-state index contributed by atoms with van der Waals surface area (Å²) in [7, 11) is 0. The van der Waals surface area contributed by atoms with Gasteiger partial charge in [-0.15, -0.1) is 0 Å². The van der Waals surface area contributed by atoms with Gasteiger partial charge in [-0.05, 0) is 149 Å². The SMILES string of the molecule is CC1CC=Cc2c3c(c4ccccc4c21)CC(n1c2c(c4ccccc41)C=C(C1=CC[C@]4(C)C(=C1)C1=C(CCC=C1)N4C1=CC(c4ccccc4)CC=C1)CC2)C=C3. The van der Waals surface area contributed by atoms with Crippen LogP contribution in [-0.4, -0.2) is 15.0 Å². The van der Waals surface area contributed by atoms with E-state index in [1.54, 1.807) is 0 Å². The first kappa shape index (κ1) is 34.2. The smallest absolute Gasteiger partial charge is 0.0712 e. The molecule has 284 valence electrons. The average molecular weight is 751 g/mol. The Morgan fingerprint density at radius 3 is 2.41 bits per heavy atom. The van der Waals surface area contributed by atoms with Crippen molar-refractivity contribution in [3.05, 3.63) is 206 Å². The summed E-state index contributed by atoms with van der Waals surface area (Å²) in [6.45, 7) is 4.89. The number of rotatable bonds is 4. The van der Waals surface area contributed by atoms with Crippen LogP contribution in [0.1, 0.15) is 109 Å². The van der Waals surface area contributed by atoms with Gasteiger partial charge in [-0.3, -0.25) is 0 Å². The van der Waals surface area contributed by atoms with Gasteiger partial charge >= 0.3 is 0 Å². The lowest BCUT2D eigenvalue weighted by Gasteiger charge is -2.43. The number of para-hydroxylation sites is 1. The van der Waals surface area contributed by atoms with Gasteiger partial charge in [0, 0.05) is 39.5 Å². The van der Waals surface area contributed by atoms with E-state index in [0.29, 0.717) is 11.8 Å². The van der Waals surface area contributed by atoms with Crippen molar-refractivity contribution in [1.29, 1.82) is 0 Å². The van der Waals surface area contributed by atoms with Crippen LogP contribution >= 0.6 is 0 Å². The van der Waals surface area contributed by atoms with Crippen LogP contribution in [0.3, 0.4) is 0 Å². The molecule has 1 aromatic heterocycles. The molecule has 4 aromatic carbocycles. The van der Waals surface area contributed by atoms with Gasteiger partial charge < -0.3 is 9.47 Å². The highest BCUT2D eigenvalue weighted by Crippen LogP contribution is 2.54. The van der Waals surface area contributed by atoms with E-state index in [4.69, 9.17) is 0 Å². The van der Waals surface area contributed by atoms with Gasteiger partial charge in [0.15, 0.2) is 0 Å². The van der Waals surface area contributed by atoms with Crippen LogP contribution in [0.4, 0.5) is 0 Å². The molecule has 2 heterocycles. The number of nitrogens with zero attached hydrogens (tertiary/aromatic N) is 2. The zero-order valence-electron chi connectivity index (χ0n) is 33.7. The molecule has 0 amide bonds. The molecule has 0 saturated heterocycles. The highest BCUT2D eigenvalue weighted by atomic mass is 15.2. The Hall–Kier alpha value is -5.86. The molecule has 1 aliphatic heterocycles. The summed E-state index contributed by atoms with van der Waals surface area (Å²) in [6, 6.07) is 29.7. The Morgan fingerprint density at radius 1 is 0.707 bits per heavy atom. The van der Waals surface area contributed by atoms with Gasteiger partial charge in [-0.2, -0.15) is 0 Å². The van der Waals surface area contributed by atoms with Crippen molar-refractivity contribution in [2.45, 2.75) is 88.6 Å². The first-order valence-corrected chi connectivity index (χ1v) is 21.9. The summed E-state index contributed by atoms with van der Waals surface area (Å²) in [4.78, 5) is 2.73. The molecule has 7 aliphatic rings. The molecule has 3 unspecified atom stereocenters. The zero-order chi connectivity index (χ0) is 38.5. The molecule has 5 aromatic rings. The lowest BCUT2D eigenvalue weighted by atomic mass is 9.77. The molecule has 12 rings (SSSR count). The number of hydrogen-bond acceptors (Lipinski definition) is 1. The van der Waals surface area contributed by atoms with Crippen LogP contribution < -0.4 is 0 Å². The summed E-state index contributed by atoms with van der Waals surface area (Å²) in [6.07, 6.45) is 38.1. The van der Waals surface area contributed by atoms with Crippen molar-refractivity contribution in [2.24, 2.45) is 0 Å². The Balaban J connectivity index is 0.917. The molecule has 0 fully saturated rings. The topological polar surface area (TPSA) is 8.17 Å². The summed E-state index contributed by atoms with van der Waals surface area (Å²) in [5.74, 6) is 0.944. The Labute approximate surface area is 343 Å². The average Bonchev–Trinajstić information content (AvgIpc) is 3.75. The first-order chi connectivity index (χ1) is 28.5. The molecule has 0 saturated carbocycles. The van der Waals surface area contributed by atoms with E-state index < -0.39 is 0 Å². The lowest BCUT2D eigenvalue weighted by molar-refractivity contribution is 0.255. The molecule has 2 heteroatoms. The van der Waals surface area contributed by atoms with Gasteiger partial charge in [0.2, 0.25) is 0 Å². The first-order valence-electron chi connectivity index (χ1n) is 21.9. The predicted octanol–water partition coefficient (Wildman–Crippen LogP) is 14.0. The van der Waals surface area contributed by atoms with E-state index in [0.717, 1.165) is 51.4 Å². The molecule has 0 bridgehead atoms. The molecule has 2 nitrogen and oxygen atoms in total. The van der Waals surface area contributed by atoms with Crippen LogP contribution in [-0.2, 0) is 12.8 Å². The van der Waals surface area contributed by atoms with Crippen LogP contribution in [0.25, 0.3) is 39.9 Å². The molecule has 0 spiro atoms. The maximum atomic E-state index is 2.73. The fourth-order valence-corrected chi connectivity index (χ4v) is 11.9. The third kappa shape index (κ3) is 5.03. The fraction of sp³-hybridized carbons (Fsp3) is 0.250. The third-order valence-corrected chi connectivity index (χ3v) is 14.7. The molecular formula is C56H50N2. The molecule has 0 N–H and O–H groups in total. The fourth-order valence-electron chi connectivity index (χ4n) is 11.9. The summed E-state index contributed by atoms with van der Waals surface area (Å²) < 4.78 is 2.71. The van der Waals surface area contributed by atoms with Gasteiger partial charge in [0.25, 0.3) is 0 Å². The lowest BCUT2D eigenvalue weighted by Crippen LogP contribution is -2.43. The minimum Gasteiger partial charge on any atom is -0.337 e. The maximum Gasteiger partial charge on any atom is 0.0712 e. The minimum atomic E-state index is -0.102. The molecule has 6 aliphatic carbocycles. The van der Waals surface area contributed by atoms with Crippen molar-refractivity contribution < 1.29 is 0 Å². The van der Waals surface area contributed by atoms with Gasteiger partial charge in [0.05, 0.1) is 11.6 Å². The summed E-state index contributed by atoms with van der Waals surface area (Å²) in [5, 5.41) is 4.26. The number of aromatic nitrogens is 1. The highest BCUT2D eigenvalue weighted by molar-refractivity contribution is 5.98. The number of hydrogen-bond donors (Lipinski definition) is 0. The number of benzene rings is 4. The van der Waals surface area contributed by atoms with E-state index in [1.165, 1.54) is 94.4 Å². The van der Waals surface area contributed by atoms with Crippen molar-refractivity contribution in [3.8, 4) is 0 Å². The highest BCUT2D eigenvalue weighted by Gasteiger charge is 2.47. The van der Waals surface area contributed by atoms with Gasteiger partial charge in [0.1, 0.15) is 0 Å². The second-order valence-electron chi connectivity index (χ2n) is 17.9. The molecule has 4 atom stereocenters. The Bertz CT molecular complexity index is 2870. The van der Waals surface area contributed by atoms with Gasteiger partial charge in [-0.1, -0.05) is 134 Å². The van der Waals surface area contributed by atoms with Crippen LogP contribution in [0.15, 0.2) is 167 Å². The summed E-state index contributed by atoms with van der Waals surface area (Å²) >= 11 is 0. The van der Waals surface area contributed by atoms with Gasteiger partial charge in [-0.25, -0.2) is 0 Å². The van der Waals surface area contributed by atoms with E-state index in [9.17, 15) is 0 Å². The quantitative estimate of drug-likeness (QED) is 0.178. The largest absolute Gasteiger partial charge is 0.337 e. The van der Waals surface area contributed by atoms with Crippen molar-refractivity contribution in [3.63, 3.8) is 0 Å². The maximum absolute atomic E-state index is 2.73. The summed E-state index contributed by atoms with van der Waals surface area (Å²) in [5.41, 5.74) is 20.2. The third-order valence-electron chi connectivity index (χ3n) is 14.7. The van der Waals surface area contributed by atoms with Crippen LogP contribution in [0.5, 0.6) is 0 Å².